The average molecular weight is 496 g/mol. The van der Waals surface area contributed by atoms with E-state index in [0.717, 1.165) is 0 Å². The number of Topliss-reactive ketones (excluding diaryl/α,β-unsaturated/α-hetero) is 1. The lowest BCUT2D eigenvalue weighted by atomic mass is 9.75. The van der Waals surface area contributed by atoms with E-state index in [1.807, 2.05) is 0 Å². The van der Waals surface area contributed by atoms with Gasteiger partial charge in [0.15, 0.2) is 11.6 Å². The first-order valence-corrected chi connectivity index (χ1v) is 11.4. The van der Waals surface area contributed by atoms with Crippen LogP contribution in [0.2, 0.25) is 0 Å². The molecule has 1 unspecified atom stereocenters. The number of hydrogen-bond donors (Lipinski definition) is 3. The van der Waals surface area contributed by atoms with Crippen molar-refractivity contribution in [2.45, 2.75) is 38.5 Å². The number of carbonyl (C=O) groups excluding carboxylic acids is 4. The standard InChI is InChI=1S/C26H24O10/c1-35-17-5-2-4-14-20(17)26(34)22-21(24(14)32)25(33)15-10-12(8-9-13(15)23(22)31)16(27)11-36-19(30)7-3-6-18(28)29/h2,4-5,12,31,33H,3,6-11H2,1H3,(H,28,29). The Labute approximate surface area is 205 Å². The van der Waals surface area contributed by atoms with Crippen LogP contribution >= 0.6 is 0 Å². The molecular formula is C26H24O10. The number of ether oxygens (including phenoxy) is 2. The van der Waals surface area contributed by atoms with E-state index in [0.29, 0.717) is 5.56 Å². The predicted octanol–water partition coefficient (Wildman–Crippen LogP) is 2.35. The molecule has 0 saturated carbocycles. The first-order chi connectivity index (χ1) is 17.1. The fourth-order valence-electron chi connectivity index (χ4n) is 4.81. The Kier molecular flexibility index (Phi) is 6.78. The molecule has 0 saturated heterocycles. The van der Waals surface area contributed by atoms with Gasteiger partial charge in [0.1, 0.15) is 23.9 Å². The minimum atomic E-state index is -1.03. The van der Waals surface area contributed by atoms with E-state index in [1.165, 1.54) is 19.2 Å². The summed E-state index contributed by atoms with van der Waals surface area (Å²) in [5.74, 6) is -4.72. The number of fused-ring (bicyclic) bond motifs is 3. The summed E-state index contributed by atoms with van der Waals surface area (Å²) in [6, 6.07) is 4.51. The third-order valence-electron chi connectivity index (χ3n) is 6.63. The van der Waals surface area contributed by atoms with Crippen molar-refractivity contribution in [1.82, 2.24) is 0 Å². The van der Waals surface area contributed by atoms with Gasteiger partial charge in [0, 0.05) is 35.4 Å². The second kappa shape index (κ2) is 9.80. The number of rotatable bonds is 8. The number of carbonyl (C=O) groups is 5. The third kappa shape index (κ3) is 4.30. The SMILES string of the molecule is COc1cccc2c1C(=O)c1c(O)c3c(c(O)c1C2=O)CC(C(=O)COC(=O)CCCC(=O)O)CC3. The molecule has 0 radical (unpaired) electrons. The maximum absolute atomic E-state index is 13.3. The Morgan fingerprint density at radius 2 is 1.67 bits per heavy atom. The summed E-state index contributed by atoms with van der Waals surface area (Å²) in [6.07, 6.45) is 0.203. The van der Waals surface area contributed by atoms with Crippen LogP contribution in [0.5, 0.6) is 17.2 Å². The molecule has 0 spiro atoms. The van der Waals surface area contributed by atoms with Gasteiger partial charge in [-0.15, -0.1) is 0 Å². The molecule has 0 bridgehead atoms. The van der Waals surface area contributed by atoms with Crippen LogP contribution in [0.3, 0.4) is 0 Å². The summed E-state index contributed by atoms with van der Waals surface area (Å²) in [6.45, 7) is -0.506. The zero-order chi connectivity index (χ0) is 26.1. The molecule has 36 heavy (non-hydrogen) atoms. The van der Waals surface area contributed by atoms with E-state index < -0.39 is 53.3 Å². The average Bonchev–Trinajstić information content (AvgIpc) is 2.86. The highest BCUT2D eigenvalue weighted by atomic mass is 16.5. The van der Waals surface area contributed by atoms with E-state index in [1.54, 1.807) is 6.07 Å². The Bertz CT molecular complexity index is 1310. The van der Waals surface area contributed by atoms with Crippen LogP contribution in [-0.2, 0) is 32.0 Å². The molecule has 2 aromatic carbocycles. The number of carboxylic acid groups (broad SMARTS) is 1. The van der Waals surface area contributed by atoms with E-state index in [2.05, 4.69) is 0 Å². The Morgan fingerprint density at radius 3 is 2.36 bits per heavy atom. The van der Waals surface area contributed by atoms with Gasteiger partial charge in [-0.25, -0.2) is 0 Å². The van der Waals surface area contributed by atoms with Crippen molar-refractivity contribution in [3.63, 3.8) is 0 Å². The number of methoxy groups -OCH3 is 1. The van der Waals surface area contributed by atoms with Gasteiger partial charge in [0.05, 0.1) is 23.8 Å². The first-order valence-electron chi connectivity index (χ1n) is 11.4. The number of carboxylic acids is 1. The van der Waals surface area contributed by atoms with Gasteiger partial charge < -0.3 is 24.8 Å². The van der Waals surface area contributed by atoms with Crippen molar-refractivity contribution in [2.75, 3.05) is 13.7 Å². The first kappa shape index (κ1) is 24.9. The Balaban J connectivity index is 1.57. The molecule has 0 aliphatic heterocycles. The molecule has 1 atom stereocenters. The van der Waals surface area contributed by atoms with Crippen LogP contribution < -0.4 is 4.74 Å². The lowest BCUT2D eigenvalue weighted by Gasteiger charge is -2.29. The molecule has 0 heterocycles. The van der Waals surface area contributed by atoms with E-state index in [9.17, 15) is 34.2 Å². The van der Waals surface area contributed by atoms with Gasteiger partial charge in [-0.3, -0.25) is 24.0 Å². The predicted molar refractivity (Wildman–Crippen MR) is 123 cm³/mol. The second-order valence-electron chi connectivity index (χ2n) is 8.76. The fourth-order valence-corrected chi connectivity index (χ4v) is 4.81. The summed E-state index contributed by atoms with van der Waals surface area (Å²) in [4.78, 5) is 61.5. The van der Waals surface area contributed by atoms with Crippen LogP contribution in [0.1, 0.15) is 68.7 Å². The summed E-state index contributed by atoms with van der Waals surface area (Å²) in [7, 11) is 1.36. The molecule has 2 aliphatic rings. The molecule has 0 fully saturated rings. The maximum atomic E-state index is 13.3. The molecule has 2 aromatic rings. The normalized spacial score (nSPS) is 16.0. The van der Waals surface area contributed by atoms with E-state index in [4.69, 9.17) is 14.6 Å². The molecule has 10 heteroatoms. The molecule has 3 N–H and O–H groups in total. The molecule has 0 amide bonds. The van der Waals surface area contributed by atoms with Crippen LogP contribution in [0.4, 0.5) is 0 Å². The zero-order valence-electron chi connectivity index (χ0n) is 19.5. The lowest BCUT2D eigenvalue weighted by Crippen LogP contribution is -2.29. The Morgan fingerprint density at radius 1 is 0.972 bits per heavy atom. The van der Waals surface area contributed by atoms with Gasteiger partial charge >= 0.3 is 11.9 Å². The Hall–Kier alpha value is -4.21. The molecule has 10 nitrogen and oxygen atoms in total. The number of phenolic OH excluding ortho intramolecular Hbond substituents is 2. The van der Waals surface area contributed by atoms with E-state index in [-0.39, 0.29) is 72.1 Å². The van der Waals surface area contributed by atoms with Crippen molar-refractivity contribution in [3.05, 3.63) is 51.6 Å². The van der Waals surface area contributed by atoms with Crippen molar-refractivity contribution in [2.24, 2.45) is 5.92 Å². The highest BCUT2D eigenvalue weighted by molar-refractivity contribution is 6.31. The number of phenols is 2. The second-order valence-corrected chi connectivity index (χ2v) is 8.76. The minimum absolute atomic E-state index is 0.0101. The van der Waals surface area contributed by atoms with Crippen LogP contribution in [0.15, 0.2) is 18.2 Å². The van der Waals surface area contributed by atoms with Crippen LogP contribution in [-0.4, -0.2) is 58.3 Å². The van der Waals surface area contributed by atoms with Crippen molar-refractivity contribution >= 4 is 29.3 Å². The van der Waals surface area contributed by atoms with Gasteiger partial charge in [0.25, 0.3) is 0 Å². The maximum Gasteiger partial charge on any atom is 0.306 e. The molecule has 2 aliphatic carbocycles. The smallest absolute Gasteiger partial charge is 0.306 e. The quantitative estimate of drug-likeness (QED) is 0.311. The highest BCUT2D eigenvalue weighted by Gasteiger charge is 2.41. The molecule has 4 rings (SSSR count). The topological polar surface area (TPSA) is 164 Å². The van der Waals surface area contributed by atoms with Gasteiger partial charge in [0.2, 0.25) is 5.78 Å². The van der Waals surface area contributed by atoms with Gasteiger partial charge in [-0.05, 0) is 31.7 Å². The fraction of sp³-hybridized carbons (Fsp3) is 0.346. The van der Waals surface area contributed by atoms with Gasteiger partial charge in [-0.1, -0.05) is 12.1 Å². The highest BCUT2D eigenvalue weighted by Crippen LogP contribution is 2.47. The summed E-state index contributed by atoms with van der Waals surface area (Å²) < 4.78 is 10.2. The largest absolute Gasteiger partial charge is 0.507 e. The monoisotopic (exact) mass is 496 g/mol. The molecule has 0 aromatic heterocycles. The van der Waals surface area contributed by atoms with Gasteiger partial charge in [-0.2, -0.15) is 0 Å². The van der Waals surface area contributed by atoms with Crippen molar-refractivity contribution in [1.29, 1.82) is 0 Å². The number of aliphatic carboxylic acids is 1. The van der Waals surface area contributed by atoms with E-state index >= 15 is 0 Å². The number of hydrogen-bond acceptors (Lipinski definition) is 9. The lowest BCUT2D eigenvalue weighted by molar-refractivity contribution is -0.149. The summed E-state index contributed by atoms with van der Waals surface area (Å²) >= 11 is 0. The van der Waals surface area contributed by atoms with Crippen molar-refractivity contribution in [3.8, 4) is 17.2 Å². The third-order valence-corrected chi connectivity index (χ3v) is 6.63. The van der Waals surface area contributed by atoms with Crippen LogP contribution in [0.25, 0.3) is 0 Å². The number of esters is 1. The summed E-state index contributed by atoms with van der Waals surface area (Å²) in [5, 5.41) is 30.7. The minimum Gasteiger partial charge on any atom is -0.507 e. The number of benzene rings is 2. The number of aromatic hydroxyl groups is 2. The molecule has 188 valence electrons. The van der Waals surface area contributed by atoms with Crippen LogP contribution in [0, 0.1) is 5.92 Å². The zero-order valence-corrected chi connectivity index (χ0v) is 19.5. The van der Waals surface area contributed by atoms with Crippen molar-refractivity contribution < 1.29 is 48.8 Å². The summed E-state index contributed by atoms with van der Waals surface area (Å²) in [5.41, 5.74) is -0.0409. The number of ketones is 3. The molecular weight excluding hydrogens is 472 g/mol.